The molecule has 0 saturated heterocycles. The number of H-pyrrole nitrogens is 1. The Bertz CT molecular complexity index is 885. The molecule has 122 valence electrons. The van der Waals surface area contributed by atoms with Crippen molar-refractivity contribution < 1.29 is 9.53 Å². The first-order valence-corrected chi connectivity index (χ1v) is 8.20. The molecule has 2 N–H and O–H groups in total. The number of nitrogens with one attached hydrogen (secondary N) is 2. The van der Waals surface area contributed by atoms with E-state index >= 15 is 0 Å². The number of aromatic nitrogens is 1. The maximum Gasteiger partial charge on any atom is 0.323 e. The Hall–Kier alpha value is -2.59. The van der Waals surface area contributed by atoms with Gasteiger partial charge >= 0.3 is 5.97 Å². The number of hydrogen-bond donors (Lipinski definition) is 2. The van der Waals surface area contributed by atoms with Gasteiger partial charge in [-0.2, -0.15) is 0 Å². The minimum atomic E-state index is -0.369. The van der Waals surface area contributed by atoms with Gasteiger partial charge in [0.15, 0.2) is 0 Å². The van der Waals surface area contributed by atoms with Crippen molar-refractivity contribution >= 4 is 16.9 Å². The van der Waals surface area contributed by atoms with Crippen molar-refractivity contribution in [1.82, 2.24) is 10.3 Å². The Morgan fingerprint density at radius 1 is 1.04 bits per heavy atom. The molecule has 2 heterocycles. The molecule has 4 nitrogen and oxygen atoms in total. The number of rotatable bonds is 2. The maximum atomic E-state index is 12.3. The van der Waals surface area contributed by atoms with Crippen molar-refractivity contribution in [3.63, 3.8) is 0 Å². The first-order chi connectivity index (χ1) is 11.7. The summed E-state index contributed by atoms with van der Waals surface area (Å²) in [4.78, 5) is 15.9. The molecule has 3 aromatic rings. The van der Waals surface area contributed by atoms with Crippen molar-refractivity contribution in [2.24, 2.45) is 0 Å². The summed E-state index contributed by atoms with van der Waals surface area (Å²) in [6.07, 6.45) is 0. The van der Waals surface area contributed by atoms with Gasteiger partial charge in [-0.1, -0.05) is 55.5 Å². The molecule has 0 aliphatic carbocycles. The lowest BCUT2D eigenvalue weighted by molar-refractivity contribution is -0.144. The van der Waals surface area contributed by atoms with Crippen molar-refractivity contribution in [2.45, 2.75) is 24.9 Å². The predicted octanol–water partition coefficient (Wildman–Crippen LogP) is 3.51. The molecular formula is C20H20N2O2. The van der Waals surface area contributed by atoms with E-state index < -0.39 is 0 Å². The molecule has 1 unspecified atom stereocenters. The van der Waals surface area contributed by atoms with Crippen LogP contribution < -0.4 is 5.32 Å². The van der Waals surface area contributed by atoms with E-state index in [9.17, 15) is 4.79 Å². The number of fused-ring (bicyclic) bond motifs is 3. The summed E-state index contributed by atoms with van der Waals surface area (Å²) in [6, 6.07) is 18.0. The third kappa shape index (κ3) is 2.22. The van der Waals surface area contributed by atoms with Gasteiger partial charge < -0.3 is 9.72 Å². The van der Waals surface area contributed by atoms with Gasteiger partial charge in [0, 0.05) is 22.5 Å². The fourth-order valence-electron chi connectivity index (χ4n) is 3.78. The molecule has 0 amide bonds. The van der Waals surface area contributed by atoms with E-state index in [-0.39, 0.29) is 24.0 Å². The lowest BCUT2D eigenvalue weighted by Crippen LogP contribution is -2.47. The number of benzene rings is 2. The summed E-state index contributed by atoms with van der Waals surface area (Å²) in [6.45, 7) is 2.08. The standard InChI is InChI=1S/C20H20N2O2/c1-12-16-14-10-6-7-11-15(14)21-19(16)18(13-8-4-3-5-9-13)22-17(12)20(23)24-2/h3-12,17-18,21-22H,1-2H3/t12-,17+,18?/m1/s1. The second kappa shape index (κ2) is 5.80. The van der Waals surface area contributed by atoms with Crippen molar-refractivity contribution in [1.29, 1.82) is 0 Å². The van der Waals surface area contributed by atoms with Crippen molar-refractivity contribution in [2.75, 3.05) is 7.11 Å². The zero-order chi connectivity index (χ0) is 16.7. The van der Waals surface area contributed by atoms with Gasteiger partial charge in [-0.05, 0) is 17.2 Å². The fraction of sp³-hybridized carbons (Fsp3) is 0.250. The highest BCUT2D eigenvalue weighted by atomic mass is 16.5. The molecule has 0 saturated carbocycles. The number of para-hydroxylation sites is 1. The van der Waals surface area contributed by atoms with E-state index in [2.05, 4.69) is 41.5 Å². The van der Waals surface area contributed by atoms with E-state index in [1.165, 1.54) is 18.1 Å². The summed E-state index contributed by atoms with van der Waals surface area (Å²) in [5, 5.41) is 4.66. The molecule has 0 radical (unpaired) electrons. The van der Waals surface area contributed by atoms with Crippen LogP contribution >= 0.6 is 0 Å². The molecule has 0 fully saturated rings. The lowest BCUT2D eigenvalue weighted by atomic mass is 9.83. The number of esters is 1. The summed E-state index contributed by atoms with van der Waals surface area (Å²) in [5.74, 6) is -0.192. The van der Waals surface area contributed by atoms with Crippen molar-refractivity contribution in [3.05, 3.63) is 71.4 Å². The highest BCUT2D eigenvalue weighted by Gasteiger charge is 2.39. The lowest BCUT2D eigenvalue weighted by Gasteiger charge is -2.34. The fourth-order valence-corrected chi connectivity index (χ4v) is 3.78. The molecule has 2 aromatic carbocycles. The highest BCUT2D eigenvalue weighted by Crippen LogP contribution is 2.41. The van der Waals surface area contributed by atoms with Crippen LogP contribution in [0.4, 0.5) is 0 Å². The number of methoxy groups -OCH3 is 1. The van der Waals surface area contributed by atoms with Gasteiger partial charge in [0.2, 0.25) is 0 Å². The molecule has 4 rings (SSSR count). The van der Waals surface area contributed by atoms with Crippen LogP contribution in [0, 0.1) is 0 Å². The number of carbonyl (C=O) groups is 1. The number of aromatic amines is 1. The highest BCUT2D eigenvalue weighted by molar-refractivity contribution is 5.88. The van der Waals surface area contributed by atoms with Gasteiger partial charge in [0.1, 0.15) is 6.04 Å². The Kier molecular flexibility index (Phi) is 3.62. The van der Waals surface area contributed by atoms with Gasteiger partial charge in [0.25, 0.3) is 0 Å². The van der Waals surface area contributed by atoms with E-state index in [1.807, 2.05) is 30.3 Å². The third-order valence-electron chi connectivity index (χ3n) is 4.96. The quantitative estimate of drug-likeness (QED) is 0.711. The first kappa shape index (κ1) is 15.0. The monoisotopic (exact) mass is 320 g/mol. The molecule has 24 heavy (non-hydrogen) atoms. The van der Waals surface area contributed by atoms with Crippen molar-refractivity contribution in [3.8, 4) is 0 Å². The predicted molar refractivity (Wildman–Crippen MR) is 93.9 cm³/mol. The molecule has 1 aliphatic rings. The van der Waals surface area contributed by atoms with E-state index in [4.69, 9.17) is 4.74 Å². The second-order valence-electron chi connectivity index (χ2n) is 6.30. The number of hydrogen-bond acceptors (Lipinski definition) is 3. The summed E-state index contributed by atoms with van der Waals surface area (Å²) < 4.78 is 5.04. The first-order valence-electron chi connectivity index (χ1n) is 8.20. The molecule has 0 bridgehead atoms. The van der Waals surface area contributed by atoms with Gasteiger partial charge in [-0.3, -0.25) is 10.1 Å². The van der Waals surface area contributed by atoms with E-state index in [0.717, 1.165) is 16.8 Å². The number of carbonyl (C=O) groups excluding carboxylic acids is 1. The molecule has 4 heteroatoms. The molecular weight excluding hydrogens is 300 g/mol. The molecule has 1 aliphatic heterocycles. The Balaban J connectivity index is 1.93. The largest absolute Gasteiger partial charge is 0.468 e. The minimum absolute atomic E-state index is 0.0311. The maximum absolute atomic E-state index is 12.3. The SMILES string of the molecule is COC(=O)[C@H]1NC(c2ccccc2)c2[nH]c3ccccc3c2[C@H]1C. The molecule has 3 atom stereocenters. The normalized spacial score (nSPS) is 23.0. The van der Waals surface area contributed by atoms with Crippen LogP contribution in [0.25, 0.3) is 10.9 Å². The van der Waals surface area contributed by atoms with Gasteiger partial charge in [-0.25, -0.2) is 0 Å². The smallest absolute Gasteiger partial charge is 0.323 e. The van der Waals surface area contributed by atoms with Crippen LogP contribution in [0.15, 0.2) is 54.6 Å². The van der Waals surface area contributed by atoms with E-state index in [0.29, 0.717) is 0 Å². The van der Waals surface area contributed by atoms with Gasteiger partial charge in [-0.15, -0.1) is 0 Å². The average molecular weight is 320 g/mol. The Morgan fingerprint density at radius 3 is 2.50 bits per heavy atom. The van der Waals surface area contributed by atoms with Crippen LogP contribution in [-0.4, -0.2) is 24.1 Å². The third-order valence-corrected chi connectivity index (χ3v) is 4.96. The van der Waals surface area contributed by atoms with Crippen LogP contribution in [0.1, 0.15) is 35.7 Å². The van der Waals surface area contributed by atoms with Crippen LogP contribution in [-0.2, 0) is 9.53 Å². The van der Waals surface area contributed by atoms with Crippen LogP contribution in [0.3, 0.4) is 0 Å². The van der Waals surface area contributed by atoms with Gasteiger partial charge in [0.05, 0.1) is 13.2 Å². The zero-order valence-corrected chi connectivity index (χ0v) is 13.7. The minimum Gasteiger partial charge on any atom is -0.468 e. The van der Waals surface area contributed by atoms with E-state index in [1.54, 1.807) is 0 Å². The molecule has 0 spiro atoms. The second-order valence-corrected chi connectivity index (χ2v) is 6.30. The molecule has 1 aromatic heterocycles. The zero-order valence-electron chi connectivity index (χ0n) is 13.7. The van der Waals surface area contributed by atoms with Crippen LogP contribution in [0.2, 0.25) is 0 Å². The Labute approximate surface area is 140 Å². The van der Waals surface area contributed by atoms with Crippen LogP contribution in [0.5, 0.6) is 0 Å². The summed E-state index contributed by atoms with van der Waals surface area (Å²) >= 11 is 0. The Morgan fingerprint density at radius 2 is 1.75 bits per heavy atom. The average Bonchev–Trinajstić information content (AvgIpc) is 3.02. The number of ether oxygens (including phenoxy) is 1. The summed E-state index contributed by atoms with van der Waals surface area (Å²) in [5.41, 5.74) is 4.57. The topological polar surface area (TPSA) is 54.1 Å². The summed E-state index contributed by atoms with van der Waals surface area (Å²) in [7, 11) is 1.44.